The quantitative estimate of drug-likeness (QED) is 0.907. The number of carboxylic acids is 1. The zero-order valence-electron chi connectivity index (χ0n) is 11.7. The van der Waals surface area contributed by atoms with Crippen LogP contribution in [0.25, 0.3) is 6.08 Å². The van der Waals surface area contributed by atoms with Crippen LogP contribution >= 0.6 is 0 Å². The van der Waals surface area contributed by atoms with E-state index in [1.165, 1.54) is 12.1 Å². The van der Waals surface area contributed by atoms with Gasteiger partial charge in [0.25, 0.3) is 0 Å². The Balaban J connectivity index is 1.89. The van der Waals surface area contributed by atoms with Crippen molar-refractivity contribution in [3.8, 4) is 0 Å². The van der Waals surface area contributed by atoms with Gasteiger partial charge in [-0.3, -0.25) is 9.59 Å². The second-order valence-corrected chi connectivity index (χ2v) is 5.14. The Hall–Kier alpha value is -2.17. The van der Waals surface area contributed by atoms with Crippen LogP contribution < -0.4 is 0 Å². The Kier molecular flexibility index (Phi) is 5.09. The fourth-order valence-electron chi connectivity index (χ4n) is 2.56. The maximum Gasteiger partial charge on any atom is 0.305 e. The predicted octanol–water partition coefficient (Wildman–Crippen LogP) is 2.69. The second kappa shape index (κ2) is 7.02. The van der Waals surface area contributed by atoms with E-state index in [0.29, 0.717) is 6.54 Å². The lowest BCUT2D eigenvalue weighted by Crippen LogP contribution is -2.36. The summed E-state index contributed by atoms with van der Waals surface area (Å²) < 4.78 is 12.8. The van der Waals surface area contributed by atoms with E-state index in [-0.39, 0.29) is 30.6 Å². The highest BCUT2D eigenvalue weighted by Gasteiger charge is 2.29. The molecular formula is C16H18FNO3. The number of hydrogen-bond donors (Lipinski definition) is 1. The van der Waals surface area contributed by atoms with Crippen molar-refractivity contribution in [2.24, 2.45) is 0 Å². The van der Waals surface area contributed by atoms with Crippen LogP contribution in [0.5, 0.6) is 0 Å². The first-order valence-corrected chi connectivity index (χ1v) is 6.99. The molecule has 1 aromatic carbocycles. The summed E-state index contributed by atoms with van der Waals surface area (Å²) >= 11 is 0. The highest BCUT2D eigenvalue weighted by Crippen LogP contribution is 2.21. The Morgan fingerprint density at radius 3 is 2.71 bits per heavy atom. The van der Waals surface area contributed by atoms with E-state index < -0.39 is 5.97 Å². The molecule has 0 saturated carbocycles. The van der Waals surface area contributed by atoms with E-state index in [9.17, 15) is 14.0 Å². The van der Waals surface area contributed by atoms with Crippen LogP contribution in [0.2, 0.25) is 0 Å². The monoisotopic (exact) mass is 291 g/mol. The zero-order valence-corrected chi connectivity index (χ0v) is 11.7. The highest BCUT2D eigenvalue weighted by molar-refractivity contribution is 5.80. The third kappa shape index (κ3) is 4.41. The Morgan fingerprint density at radius 2 is 2.05 bits per heavy atom. The molecule has 1 unspecified atom stereocenters. The third-order valence-electron chi connectivity index (χ3n) is 3.58. The minimum absolute atomic E-state index is 0.00736. The SMILES string of the molecule is O=C(O)CC1CCCN1C(=O)CC=Cc1ccc(F)cc1. The number of hydrogen-bond acceptors (Lipinski definition) is 2. The lowest BCUT2D eigenvalue weighted by molar-refractivity contribution is -0.139. The number of nitrogens with zero attached hydrogens (tertiary/aromatic N) is 1. The van der Waals surface area contributed by atoms with Crippen molar-refractivity contribution in [2.75, 3.05) is 6.54 Å². The van der Waals surface area contributed by atoms with Gasteiger partial charge >= 0.3 is 5.97 Å². The van der Waals surface area contributed by atoms with E-state index in [1.807, 2.05) is 0 Å². The normalized spacial score (nSPS) is 18.3. The standard InChI is InChI=1S/C16H18FNO3/c17-13-8-6-12(7-9-13)3-1-5-15(19)18-10-2-4-14(18)11-16(20)21/h1,3,6-9,14H,2,4-5,10-11H2,(H,20,21). The van der Waals surface area contributed by atoms with Crippen molar-refractivity contribution < 1.29 is 19.1 Å². The predicted molar refractivity (Wildman–Crippen MR) is 77.0 cm³/mol. The number of carbonyl (C=O) groups excluding carboxylic acids is 1. The van der Waals surface area contributed by atoms with Crippen LogP contribution in [-0.2, 0) is 9.59 Å². The Morgan fingerprint density at radius 1 is 1.33 bits per heavy atom. The Labute approximate surface area is 122 Å². The second-order valence-electron chi connectivity index (χ2n) is 5.14. The van der Waals surface area contributed by atoms with Crippen LogP contribution in [-0.4, -0.2) is 34.5 Å². The molecule has 1 heterocycles. The molecule has 1 aliphatic rings. The molecule has 0 spiro atoms. The van der Waals surface area contributed by atoms with E-state index in [0.717, 1.165) is 18.4 Å². The molecule has 112 valence electrons. The van der Waals surface area contributed by atoms with Crippen LogP contribution in [0.3, 0.4) is 0 Å². The third-order valence-corrected chi connectivity index (χ3v) is 3.58. The first kappa shape index (κ1) is 15.2. The van der Waals surface area contributed by atoms with Crippen molar-refractivity contribution in [2.45, 2.75) is 31.7 Å². The summed E-state index contributed by atoms with van der Waals surface area (Å²) in [4.78, 5) is 24.5. The number of aliphatic carboxylic acids is 1. The van der Waals surface area contributed by atoms with Crippen LogP contribution in [0.4, 0.5) is 4.39 Å². The molecule has 2 rings (SSSR count). The summed E-state index contributed by atoms with van der Waals surface area (Å²) in [5, 5.41) is 8.84. The molecule has 0 aliphatic carbocycles. The molecular weight excluding hydrogens is 273 g/mol. The van der Waals surface area contributed by atoms with Gasteiger partial charge in [0.05, 0.1) is 6.42 Å². The molecule has 1 aromatic rings. The average Bonchev–Trinajstić information content (AvgIpc) is 2.88. The van der Waals surface area contributed by atoms with Crippen molar-refractivity contribution in [3.63, 3.8) is 0 Å². The van der Waals surface area contributed by atoms with E-state index >= 15 is 0 Å². The molecule has 1 aliphatic heterocycles. The molecule has 1 fully saturated rings. The van der Waals surface area contributed by atoms with Gasteiger partial charge < -0.3 is 10.0 Å². The number of carbonyl (C=O) groups is 2. The number of rotatable bonds is 5. The largest absolute Gasteiger partial charge is 0.481 e. The average molecular weight is 291 g/mol. The van der Waals surface area contributed by atoms with Gasteiger partial charge in [-0.05, 0) is 30.5 Å². The number of halogens is 1. The summed E-state index contributed by atoms with van der Waals surface area (Å²) in [6.45, 7) is 0.626. The lowest BCUT2D eigenvalue weighted by atomic mass is 10.1. The fraction of sp³-hybridized carbons (Fsp3) is 0.375. The van der Waals surface area contributed by atoms with Crippen molar-refractivity contribution in [3.05, 3.63) is 41.7 Å². The topological polar surface area (TPSA) is 57.6 Å². The van der Waals surface area contributed by atoms with Crippen molar-refractivity contribution in [1.29, 1.82) is 0 Å². The minimum atomic E-state index is -0.874. The molecule has 4 nitrogen and oxygen atoms in total. The molecule has 0 bridgehead atoms. The summed E-state index contributed by atoms with van der Waals surface area (Å²) in [7, 11) is 0. The first-order chi connectivity index (χ1) is 10.1. The van der Waals surface area contributed by atoms with Gasteiger partial charge in [0.1, 0.15) is 5.82 Å². The van der Waals surface area contributed by atoms with E-state index in [1.54, 1.807) is 29.2 Å². The van der Waals surface area contributed by atoms with Gasteiger partial charge in [0.15, 0.2) is 0 Å². The Bertz CT molecular complexity index is 539. The van der Waals surface area contributed by atoms with Crippen molar-refractivity contribution in [1.82, 2.24) is 4.90 Å². The number of carboxylic acid groups (broad SMARTS) is 1. The molecule has 0 aromatic heterocycles. The lowest BCUT2D eigenvalue weighted by Gasteiger charge is -2.22. The van der Waals surface area contributed by atoms with Crippen LogP contribution in [0.15, 0.2) is 30.3 Å². The fourth-order valence-corrected chi connectivity index (χ4v) is 2.56. The summed E-state index contributed by atoms with van der Waals surface area (Å²) in [5.74, 6) is -1.23. The molecule has 1 amide bonds. The maximum absolute atomic E-state index is 12.8. The van der Waals surface area contributed by atoms with Crippen LogP contribution in [0, 0.1) is 5.82 Å². The van der Waals surface area contributed by atoms with Crippen molar-refractivity contribution >= 4 is 18.0 Å². The molecule has 21 heavy (non-hydrogen) atoms. The molecule has 1 N–H and O–H groups in total. The number of amides is 1. The van der Waals surface area contributed by atoms with E-state index in [4.69, 9.17) is 5.11 Å². The summed E-state index contributed by atoms with van der Waals surface area (Å²) in [6.07, 6.45) is 5.33. The van der Waals surface area contributed by atoms with Gasteiger partial charge in [0.2, 0.25) is 5.91 Å². The highest BCUT2D eigenvalue weighted by atomic mass is 19.1. The molecule has 1 saturated heterocycles. The van der Waals surface area contributed by atoms with Gasteiger partial charge in [-0.1, -0.05) is 24.3 Å². The smallest absolute Gasteiger partial charge is 0.305 e. The minimum Gasteiger partial charge on any atom is -0.481 e. The van der Waals surface area contributed by atoms with Gasteiger partial charge in [0, 0.05) is 19.0 Å². The number of likely N-dealkylation sites (tertiary alicyclic amines) is 1. The first-order valence-electron chi connectivity index (χ1n) is 6.99. The molecule has 5 heteroatoms. The van der Waals surface area contributed by atoms with Crippen LogP contribution in [0.1, 0.15) is 31.2 Å². The zero-order chi connectivity index (χ0) is 15.2. The van der Waals surface area contributed by atoms with Gasteiger partial charge in [-0.25, -0.2) is 4.39 Å². The van der Waals surface area contributed by atoms with Gasteiger partial charge in [-0.2, -0.15) is 0 Å². The number of benzene rings is 1. The van der Waals surface area contributed by atoms with E-state index in [2.05, 4.69) is 0 Å². The van der Waals surface area contributed by atoms with Gasteiger partial charge in [-0.15, -0.1) is 0 Å². The molecule has 0 radical (unpaired) electrons. The maximum atomic E-state index is 12.8. The summed E-state index contributed by atoms with van der Waals surface area (Å²) in [6, 6.07) is 5.82. The molecule has 1 atom stereocenters. The summed E-state index contributed by atoms with van der Waals surface area (Å²) in [5.41, 5.74) is 0.827.